The van der Waals surface area contributed by atoms with Crippen LogP contribution < -0.4 is 0 Å². The molecule has 0 aromatic carbocycles. The molecule has 0 radical (unpaired) electrons. The summed E-state index contributed by atoms with van der Waals surface area (Å²) >= 11 is 0. The molecule has 0 saturated heterocycles. The van der Waals surface area contributed by atoms with Gasteiger partial charge in [0.15, 0.2) is 0 Å². The van der Waals surface area contributed by atoms with Crippen LogP contribution in [0.25, 0.3) is 0 Å². The van der Waals surface area contributed by atoms with Gasteiger partial charge >= 0.3 is 0 Å². The molecule has 104 valence electrons. The maximum Gasteiger partial charge on any atom is 0.131 e. The second-order valence-corrected chi connectivity index (χ2v) is 5.56. The minimum Gasteiger partial charge on any atom is -0.294 e. The third-order valence-electron chi connectivity index (χ3n) is 3.57. The van der Waals surface area contributed by atoms with Crippen LogP contribution in [0.4, 0.5) is 0 Å². The van der Waals surface area contributed by atoms with E-state index < -0.39 is 0 Å². The van der Waals surface area contributed by atoms with E-state index in [4.69, 9.17) is 4.98 Å². The Kier molecular flexibility index (Phi) is 3.69. The zero-order valence-electron chi connectivity index (χ0n) is 12.0. The molecule has 0 atom stereocenters. The maximum absolute atomic E-state index is 4.69. The van der Waals surface area contributed by atoms with Crippen LogP contribution in [0.2, 0.25) is 0 Å². The molecule has 3 rings (SSSR count). The Morgan fingerprint density at radius 1 is 1.20 bits per heavy atom. The molecule has 5 nitrogen and oxygen atoms in total. The van der Waals surface area contributed by atoms with Gasteiger partial charge in [-0.2, -0.15) is 0 Å². The van der Waals surface area contributed by atoms with Crippen LogP contribution in [-0.4, -0.2) is 31.4 Å². The highest BCUT2D eigenvalue weighted by molar-refractivity contribution is 5.21. The zero-order valence-corrected chi connectivity index (χ0v) is 12.0. The average Bonchev–Trinajstić information content (AvgIpc) is 2.47. The van der Waals surface area contributed by atoms with Gasteiger partial charge in [-0.25, -0.2) is 19.9 Å². The Labute approximate surface area is 119 Å². The number of aromatic nitrogens is 4. The maximum atomic E-state index is 4.69. The van der Waals surface area contributed by atoms with E-state index in [2.05, 4.69) is 33.7 Å². The number of hydrogen-bond donors (Lipinski definition) is 0. The summed E-state index contributed by atoms with van der Waals surface area (Å²) in [6.45, 7) is 7.07. The third-order valence-corrected chi connectivity index (χ3v) is 3.57. The number of nitrogens with zero attached hydrogens (tertiary/aromatic N) is 5. The highest BCUT2D eigenvalue weighted by atomic mass is 15.1. The van der Waals surface area contributed by atoms with E-state index in [9.17, 15) is 0 Å². The Morgan fingerprint density at radius 3 is 2.75 bits per heavy atom. The van der Waals surface area contributed by atoms with Gasteiger partial charge in [0.2, 0.25) is 0 Å². The Bertz CT molecular complexity index is 582. The smallest absolute Gasteiger partial charge is 0.131 e. The van der Waals surface area contributed by atoms with E-state index in [1.807, 2.05) is 18.6 Å². The van der Waals surface area contributed by atoms with Gasteiger partial charge in [-0.15, -0.1) is 0 Å². The molecule has 1 aliphatic rings. The van der Waals surface area contributed by atoms with E-state index in [-0.39, 0.29) is 0 Å². The minimum atomic E-state index is 0.389. The fraction of sp³-hybridized carbons (Fsp3) is 0.467. The fourth-order valence-electron chi connectivity index (χ4n) is 2.47. The first-order chi connectivity index (χ1) is 9.72. The molecule has 2 aromatic heterocycles. The molecule has 20 heavy (non-hydrogen) atoms. The Balaban J connectivity index is 1.72. The molecule has 0 spiro atoms. The van der Waals surface area contributed by atoms with Gasteiger partial charge in [0.1, 0.15) is 12.2 Å². The highest BCUT2D eigenvalue weighted by Gasteiger charge is 2.19. The summed E-state index contributed by atoms with van der Waals surface area (Å²) < 4.78 is 0. The number of fused-ring (bicyclic) bond motifs is 1. The largest absolute Gasteiger partial charge is 0.294 e. The summed E-state index contributed by atoms with van der Waals surface area (Å²) in [6.07, 6.45) is 8.30. The highest BCUT2D eigenvalue weighted by Crippen LogP contribution is 2.20. The van der Waals surface area contributed by atoms with E-state index in [0.29, 0.717) is 5.92 Å². The van der Waals surface area contributed by atoms with Crippen molar-refractivity contribution in [1.29, 1.82) is 0 Å². The van der Waals surface area contributed by atoms with Gasteiger partial charge < -0.3 is 0 Å². The standard InChI is InChI=1S/C15H19N5/c1-11(2)15-18-7-13-9-20(4-3-14(13)19-15)8-12-5-16-10-17-6-12/h5-7,10-11H,3-4,8-9H2,1-2H3. The molecule has 0 N–H and O–H groups in total. The van der Waals surface area contributed by atoms with Gasteiger partial charge in [-0.05, 0) is 0 Å². The van der Waals surface area contributed by atoms with Gasteiger partial charge in [0.25, 0.3) is 0 Å². The number of hydrogen-bond acceptors (Lipinski definition) is 5. The molecule has 5 heteroatoms. The van der Waals surface area contributed by atoms with Crippen molar-refractivity contribution in [3.05, 3.63) is 47.6 Å². The van der Waals surface area contributed by atoms with Crippen LogP contribution in [0.1, 0.15) is 42.4 Å². The second-order valence-electron chi connectivity index (χ2n) is 5.56. The summed E-state index contributed by atoms with van der Waals surface area (Å²) in [5.41, 5.74) is 3.61. The van der Waals surface area contributed by atoms with Crippen LogP contribution in [0.15, 0.2) is 24.9 Å². The molecule has 3 heterocycles. The molecule has 0 amide bonds. The van der Waals surface area contributed by atoms with Gasteiger partial charge in [0.05, 0.1) is 0 Å². The van der Waals surface area contributed by atoms with Crippen LogP contribution >= 0.6 is 0 Å². The molecule has 0 aliphatic carbocycles. The van der Waals surface area contributed by atoms with Crippen molar-refractivity contribution < 1.29 is 0 Å². The first-order valence-corrected chi connectivity index (χ1v) is 7.03. The molecule has 0 unspecified atom stereocenters. The SMILES string of the molecule is CC(C)c1ncc2c(n1)CCN(Cc1cncnc1)C2. The molecular formula is C15H19N5. The predicted molar refractivity (Wildman–Crippen MR) is 76.0 cm³/mol. The number of rotatable bonds is 3. The van der Waals surface area contributed by atoms with E-state index >= 15 is 0 Å². The van der Waals surface area contributed by atoms with Gasteiger partial charge in [-0.3, -0.25) is 4.90 Å². The quantitative estimate of drug-likeness (QED) is 0.852. The zero-order chi connectivity index (χ0) is 13.9. The molecule has 1 aliphatic heterocycles. The van der Waals surface area contributed by atoms with E-state index in [1.165, 1.54) is 11.3 Å². The lowest BCUT2D eigenvalue weighted by Crippen LogP contribution is -2.31. The van der Waals surface area contributed by atoms with Crippen molar-refractivity contribution in [2.24, 2.45) is 0 Å². The lowest BCUT2D eigenvalue weighted by molar-refractivity contribution is 0.242. The van der Waals surface area contributed by atoms with E-state index in [0.717, 1.165) is 37.4 Å². The minimum absolute atomic E-state index is 0.389. The van der Waals surface area contributed by atoms with E-state index in [1.54, 1.807) is 6.33 Å². The third kappa shape index (κ3) is 2.82. The summed E-state index contributed by atoms with van der Waals surface area (Å²) in [5.74, 6) is 1.34. The molecule has 0 bridgehead atoms. The second kappa shape index (κ2) is 5.63. The monoisotopic (exact) mass is 269 g/mol. The summed E-state index contributed by atoms with van der Waals surface area (Å²) in [4.78, 5) is 19.7. The lowest BCUT2D eigenvalue weighted by Gasteiger charge is -2.28. The molecular weight excluding hydrogens is 250 g/mol. The molecule has 2 aromatic rings. The van der Waals surface area contributed by atoms with Crippen molar-refractivity contribution in [2.75, 3.05) is 6.54 Å². The summed E-state index contributed by atoms with van der Waals surface area (Å²) in [7, 11) is 0. The van der Waals surface area contributed by atoms with Crippen molar-refractivity contribution in [3.8, 4) is 0 Å². The molecule has 0 saturated carbocycles. The Morgan fingerprint density at radius 2 is 2.00 bits per heavy atom. The van der Waals surface area contributed by atoms with Crippen molar-refractivity contribution in [2.45, 2.75) is 39.3 Å². The van der Waals surface area contributed by atoms with Gasteiger partial charge in [-0.1, -0.05) is 13.8 Å². The first kappa shape index (κ1) is 13.1. The normalized spacial score (nSPS) is 15.3. The fourth-order valence-corrected chi connectivity index (χ4v) is 2.47. The van der Waals surface area contributed by atoms with Crippen molar-refractivity contribution in [1.82, 2.24) is 24.8 Å². The molecule has 0 fully saturated rings. The van der Waals surface area contributed by atoms with Crippen molar-refractivity contribution in [3.63, 3.8) is 0 Å². The summed E-state index contributed by atoms with van der Waals surface area (Å²) in [6, 6.07) is 0. The lowest BCUT2D eigenvalue weighted by atomic mass is 10.1. The van der Waals surface area contributed by atoms with Crippen LogP contribution in [0, 0.1) is 0 Å². The first-order valence-electron chi connectivity index (χ1n) is 7.03. The summed E-state index contributed by atoms with van der Waals surface area (Å²) in [5, 5.41) is 0. The van der Waals surface area contributed by atoms with Crippen LogP contribution in [0.5, 0.6) is 0 Å². The topological polar surface area (TPSA) is 54.8 Å². The average molecular weight is 269 g/mol. The van der Waals surface area contributed by atoms with Crippen molar-refractivity contribution >= 4 is 0 Å². The predicted octanol–water partition coefficient (Wildman–Crippen LogP) is 1.95. The van der Waals surface area contributed by atoms with Gasteiger partial charge in [0, 0.05) is 67.4 Å². The Hall–Kier alpha value is -1.88. The van der Waals surface area contributed by atoms with Crippen LogP contribution in [-0.2, 0) is 19.5 Å². The van der Waals surface area contributed by atoms with Crippen LogP contribution in [0.3, 0.4) is 0 Å².